The normalized spacial score (nSPS) is 14.7. The van der Waals surface area contributed by atoms with E-state index in [1.807, 2.05) is 0 Å². The van der Waals surface area contributed by atoms with Crippen molar-refractivity contribution in [2.75, 3.05) is 11.9 Å². The van der Waals surface area contributed by atoms with Gasteiger partial charge in [0.05, 0.1) is 0 Å². The molecule has 0 saturated heterocycles. The van der Waals surface area contributed by atoms with E-state index in [4.69, 9.17) is 0 Å². The van der Waals surface area contributed by atoms with E-state index in [-0.39, 0.29) is 5.56 Å². The second-order valence-corrected chi connectivity index (χ2v) is 4.50. The molecular weight excluding hydrogens is 230 g/mol. The van der Waals surface area contributed by atoms with E-state index in [1.54, 1.807) is 12.4 Å². The van der Waals surface area contributed by atoms with E-state index >= 15 is 0 Å². The van der Waals surface area contributed by atoms with Crippen LogP contribution < -0.4 is 10.9 Å². The molecule has 6 heteroatoms. The molecule has 0 amide bonds. The molecule has 0 radical (unpaired) electrons. The van der Waals surface area contributed by atoms with Crippen LogP contribution in [0.3, 0.4) is 0 Å². The Hall–Kier alpha value is -2.11. The fourth-order valence-electron chi connectivity index (χ4n) is 1.86. The molecule has 1 saturated carbocycles. The molecule has 6 nitrogen and oxygen atoms in total. The zero-order valence-electron chi connectivity index (χ0n) is 9.94. The van der Waals surface area contributed by atoms with Crippen LogP contribution in [0.5, 0.6) is 0 Å². The summed E-state index contributed by atoms with van der Waals surface area (Å²) in [5.74, 6) is 2.83. The largest absolute Gasteiger partial charge is 0.369 e. The maximum Gasteiger partial charge on any atom is 0.252 e. The van der Waals surface area contributed by atoms with Gasteiger partial charge in [-0.15, -0.1) is 0 Å². The minimum absolute atomic E-state index is 0.0904. The lowest BCUT2D eigenvalue weighted by molar-refractivity contribution is 0.885. The predicted octanol–water partition coefficient (Wildman–Crippen LogP) is 1.02. The van der Waals surface area contributed by atoms with Crippen molar-refractivity contribution < 1.29 is 0 Å². The van der Waals surface area contributed by atoms with Crippen LogP contribution in [-0.4, -0.2) is 26.5 Å². The van der Waals surface area contributed by atoms with Gasteiger partial charge < -0.3 is 15.3 Å². The Balaban J connectivity index is 1.63. The molecule has 94 valence electrons. The number of aromatic amines is 2. The highest BCUT2D eigenvalue weighted by Crippen LogP contribution is 2.37. The van der Waals surface area contributed by atoms with Crippen molar-refractivity contribution in [1.82, 2.24) is 19.9 Å². The topological polar surface area (TPSA) is 86.5 Å². The number of imidazole rings is 1. The number of anilines is 1. The van der Waals surface area contributed by atoms with Gasteiger partial charge in [-0.3, -0.25) is 4.79 Å². The molecule has 3 rings (SSSR count). The van der Waals surface area contributed by atoms with Gasteiger partial charge in [-0.2, -0.15) is 0 Å². The van der Waals surface area contributed by atoms with Gasteiger partial charge in [0.25, 0.3) is 5.56 Å². The zero-order chi connectivity index (χ0) is 12.4. The average molecular weight is 245 g/mol. The number of H-pyrrole nitrogens is 2. The molecule has 1 aliphatic carbocycles. The third-order valence-electron chi connectivity index (χ3n) is 2.95. The summed E-state index contributed by atoms with van der Waals surface area (Å²) >= 11 is 0. The van der Waals surface area contributed by atoms with Crippen molar-refractivity contribution >= 4 is 5.82 Å². The highest BCUT2D eigenvalue weighted by Gasteiger charge is 2.26. The van der Waals surface area contributed by atoms with Crippen LogP contribution in [0.4, 0.5) is 5.82 Å². The van der Waals surface area contributed by atoms with Crippen molar-refractivity contribution in [3.05, 3.63) is 40.5 Å². The minimum Gasteiger partial charge on any atom is -0.369 e. The number of aromatic nitrogens is 4. The molecule has 2 heterocycles. The molecule has 1 fully saturated rings. The van der Waals surface area contributed by atoms with Crippen molar-refractivity contribution in [1.29, 1.82) is 0 Å². The molecule has 0 aliphatic heterocycles. The Morgan fingerprint density at radius 2 is 2.33 bits per heavy atom. The highest BCUT2D eigenvalue weighted by atomic mass is 16.1. The number of rotatable bonds is 5. The summed E-state index contributed by atoms with van der Waals surface area (Å²) < 4.78 is 0. The van der Waals surface area contributed by atoms with E-state index < -0.39 is 0 Å². The molecular formula is C12H15N5O. The van der Waals surface area contributed by atoms with Crippen LogP contribution in [0.25, 0.3) is 0 Å². The summed E-state index contributed by atoms with van der Waals surface area (Å²) in [7, 11) is 0. The first-order valence-electron chi connectivity index (χ1n) is 6.14. The zero-order valence-corrected chi connectivity index (χ0v) is 9.94. The summed E-state index contributed by atoms with van der Waals surface area (Å²) in [6.45, 7) is 0.702. The Kier molecular flexibility index (Phi) is 2.84. The highest BCUT2D eigenvalue weighted by molar-refractivity contribution is 5.34. The Morgan fingerprint density at radius 3 is 3.06 bits per heavy atom. The fourth-order valence-corrected chi connectivity index (χ4v) is 1.86. The van der Waals surface area contributed by atoms with Crippen LogP contribution >= 0.6 is 0 Å². The van der Waals surface area contributed by atoms with E-state index in [9.17, 15) is 4.79 Å². The predicted molar refractivity (Wildman–Crippen MR) is 67.6 cm³/mol. The maximum absolute atomic E-state index is 11.5. The first-order valence-corrected chi connectivity index (χ1v) is 6.14. The number of hydrogen-bond acceptors (Lipinski definition) is 4. The first kappa shape index (κ1) is 11.0. The van der Waals surface area contributed by atoms with Crippen LogP contribution in [0.2, 0.25) is 0 Å². The summed E-state index contributed by atoms with van der Waals surface area (Å²) in [5, 5.41) is 3.16. The van der Waals surface area contributed by atoms with Crippen LogP contribution in [0, 0.1) is 0 Å². The van der Waals surface area contributed by atoms with E-state index in [0.29, 0.717) is 18.3 Å². The first-order chi connectivity index (χ1) is 8.81. The second-order valence-electron chi connectivity index (χ2n) is 4.50. The molecule has 0 bridgehead atoms. The van der Waals surface area contributed by atoms with Gasteiger partial charge in [0.2, 0.25) is 0 Å². The van der Waals surface area contributed by atoms with Crippen LogP contribution in [0.15, 0.2) is 23.3 Å². The lowest BCUT2D eigenvalue weighted by Crippen LogP contribution is -2.15. The summed E-state index contributed by atoms with van der Waals surface area (Å²) in [4.78, 5) is 25.9. The van der Waals surface area contributed by atoms with Crippen molar-refractivity contribution in [3.63, 3.8) is 0 Å². The van der Waals surface area contributed by atoms with Gasteiger partial charge in [-0.1, -0.05) is 0 Å². The number of nitrogens with zero attached hydrogens (tertiary/aromatic N) is 2. The number of hydrogen-bond donors (Lipinski definition) is 3. The average Bonchev–Trinajstić information content (AvgIpc) is 3.08. The molecule has 0 unspecified atom stereocenters. The van der Waals surface area contributed by atoms with Crippen molar-refractivity contribution in [2.24, 2.45) is 0 Å². The third-order valence-corrected chi connectivity index (χ3v) is 2.95. The van der Waals surface area contributed by atoms with Gasteiger partial charge in [0.1, 0.15) is 17.5 Å². The molecule has 2 aromatic heterocycles. The molecule has 0 spiro atoms. The lowest BCUT2D eigenvalue weighted by Gasteiger charge is -2.05. The van der Waals surface area contributed by atoms with Gasteiger partial charge >= 0.3 is 0 Å². The Labute approximate surface area is 104 Å². The van der Waals surface area contributed by atoms with Gasteiger partial charge in [-0.05, 0) is 12.8 Å². The molecule has 2 aromatic rings. The fraction of sp³-hybridized carbons (Fsp3) is 0.417. The molecule has 0 atom stereocenters. The van der Waals surface area contributed by atoms with Gasteiger partial charge in [0.15, 0.2) is 0 Å². The Morgan fingerprint density at radius 1 is 1.44 bits per heavy atom. The second kappa shape index (κ2) is 4.64. The van der Waals surface area contributed by atoms with Crippen LogP contribution in [0.1, 0.15) is 30.4 Å². The lowest BCUT2D eigenvalue weighted by atomic mass is 10.3. The van der Waals surface area contributed by atoms with Gasteiger partial charge in [-0.25, -0.2) is 9.97 Å². The molecule has 1 aliphatic rings. The van der Waals surface area contributed by atoms with Crippen molar-refractivity contribution in [2.45, 2.75) is 25.2 Å². The maximum atomic E-state index is 11.5. The molecule has 0 aromatic carbocycles. The summed E-state index contributed by atoms with van der Waals surface area (Å²) in [6.07, 6.45) is 6.55. The van der Waals surface area contributed by atoms with Crippen LogP contribution in [-0.2, 0) is 6.42 Å². The summed E-state index contributed by atoms with van der Waals surface area (Å²) in [5.41, 5.74) is -0.0904. The molecule has 18 heavy (non-hydrogen) atoms. The SMILES string of the molecule is O=c1cc(NCCc2ncc[nH]2)nc(C2CC2)[nH]1. The van der Waals surface area contributed by atoms with E-state index in [2.05, 4.69) is 25.3 Å². The summed E-state index contributed by atoms with van der Waals surface area (Å²) in [6, 6.07) is 1.49. The third kappa shape index (κ3) is 2.58. The smallest absolute Gasteiger partial charge is 0.252 e. The number of nitrogens with one attached hydrogen (secondary N) is 3. The van der Waals surface area contributed by atoms with Crippen molar-refractivity contribution in [3.8, 4) is 0 Å². The quantitative estimate of drug-likeness (QED) is 0.734. The Bertz CT molecular complexity index is 570. The standard InChI is InChI=1S/C12H15N5O/c18-11-7-10(16-12(17-11)8-1-2-8)13-4-3-9-14-5-6-15-9/h5-8H,1-4H2,(H,14,15)(H2,13,16,17,18). The van der Waals surface area contributed by atoms with E-state index in [1.165, 1.54) is 6.07 Å². The van der Waals surface area contributed by atoms with E-state index in [0.717, 1.165) is 30.9 Å². The monoisotopic (exact) mass is 245 g/mol. The van der Waals surface area contributed by atoms with Gasteiger partial charge in [0, 0.05) is 37.3 Å². The molecule has 3 N–H and O–H groups in total. The minimum atomic E-state index is -0.0904.